The first-order valence-corrected chi connectivity index (χ1v) is 19.4. The van der Waals surface area contributed by atoms with Gasteiger partial charge in [0.1, 0.15) is 29.0 Å². The summed E-state index contributed by atoms with van der Waals surface area (Å²) < 4.78 is 12.1. The zero-order valence-corrected chi connectivity index (χ0v) is 33.0. The smallest absolute Gasteiger partial charge is 0.340 e. The summed E-state index contributed by atoms with van der Waals surface area (Å²) in [5, 5.41) is 44.4. The monoisotopic (exact) mass is 854 g/mol. The number of aromatic hydroxyl groups is 2. The van der Waals surface area contributed by atoms with Gasteiger partial charge in [-0.1, -0.05) is 12.6 Å². The van der Waals surface area contributed by atoms with E-state index in [4.69, 9.17) is 15.2 Å². The second kappa shape index (κ2) is 16.8. The average molecular weight is 855 g/mol. The van der Waals surface area contributed by atoms with Crippen molar-refractivity contribution >= 4 is 52.2 Å². The number of aromatic nitrogens is 4. The van der Waals surface area contributed by atoms with Gasteiger partial charge in [-0.15, -0.1) is 0 Å². The van der Waals surface area contributed by atoms with Crippen LogP contribution < -0.4 is 42.6 Å². The van der Waals surface area contributed by atoms with Gasteiger partial charge in [0.2, 0.25) is 11.9 Å². The normalized spacial score (nSPS) is 13.4. The molecule has 0 fully saturated rings. The maximum Gasteiger partial charge on any atom is 0.340 e. The van der Waals surface area contributed by atoms with Crippen LogP contribution in [0.3, 0.4) is 0 Å². The Morgan fingerprint density at radius 1 is 0.857 bits per heavy atom. The number of nitrogens with two attached hydrogens (primary N) is 1. The number of carboxylic acids is 1. The topological polar surface area (TPSA) is 305 Å². The van der Waals surface area contributed by atoms with Crippen molar-refractivity contribution in [2.45, 2.75) is 31.0 Å². The largest absolute Gasteiger partial charge is 0.508 e. The maximum absolute atomic E-state index is 13.4. The summed E-state index contributed by atoms with van der Waals surface area (Å²) >= 11 is 0. The van der Waals surface area contributed by atoms with E-state index in [-0.39, 0.29) is 83.7 Å². The van der Waals surface area contributed by atoms with Crippen LogP contribution in [0.5, 0.6) is 23.0 Å². The maximum atomic E-state index is 13.4. The number of phenols is 2. The molecule has 2 aromatic heterocycles. The van der Waals surface area contributed by atoms with Gasteiger partial charge >= 0.3 is 11.9 Å². The van der Waals surface area contributed by atoms with Crippen molar-refractivity contribution in [3.05, 3.63) is 141 Å². The van der Waals surface area contributed by atoms with E-state index >= 15 is 0 Å². The Labute approximate surface area is 356 Å². The molecule has 0 saturated carbocycles. The number of carbonyl (C=O) groups is 4. The molecule has 1 atom stereocenters. The van der Waals surface area contributed by atoms with Gasteiger partial charge in [-0.2, -0.15) is 4.98 Å². The van der Waals surface area contributed by atoms with E-state index in [0.29, 0.717) is 39.6 Å². The lowest BCUT2D eigenvalue weighted by Gasteiger charge is -2.36. The van der Waals surface area contributed by atoms with Crippen LogP contribution in [-0.2, 0) is 26.5 Å². The van der Waals surface area contributed by atoms with Crippen molar-refractivity contribution in [1.29, 1.82) is 0 Å². The van der Waals surface area contributed by atoms with Gasteiger partial charge in [-0.3, -0.25) is 19.4 Å². The van der Waals surface area contributed by atoms with Gasteiger partial charge in [-0.25, -0.2) is 19.6 Å². The highest BCUT2D eigenvalue weighted by Gasteiger charge is 2.53. The Morgan fingerprint density at radius 3 is 2.22 bits per heavy atom. The number of aromatic amines is 1. The van der Waals surface area contributed by atoms with E-state index in [1.165, 1.54) is 42.6 Å². The molecule has 20 nitrogen and oxygen atoms in total. The molecule has 320 valence electrons. The second-order valence-electron chi connectivity index (χ2n) is 14.5. The number of fused-ring (bicyclic) bond motifs is 7. The third-order valence-electron chi connectivity index (χ3n) is 10.2. The summed E-state index contributed by atoms with van der Waals surface area (Å²) in [6, 6.07) is 19.0. The lowest BCUT2D eigenvalue weighted by atomic mass is 9.77. The molecule has 63 heavy (non-hydrogen) atoms. The van der Waals surface area contributed by atoms with E-state index in [1.54, 1.807) is 42.5 Å². The molecule has 8 rings (SSSR count). The number of anilines is 3. The second-order valence-corrected chi connectivity index (χ2v) is 14.5. The van der Waals surface area contributed by atoms with E-state index in [2.05, 4.69) is 53.1 Å². The summed E-state index contributed by atoms with van der Waals surface area (Å²) in [4.78, 5) is 77.7. The van der Waals surface area contributed by atoms with Gasteiger partial charge in [0.05, 0.1) is 29.8 Å². The number of carbonyl (C=O) groups excluding carboxylic acids is 3. The number of nitrogens with zero attached hydrogens (tertiary/aromatic N) is 3. The summed E-state index contributed by atoms with van der Waals surface area (Å²) in [6.07, 6.45) is 1.11. The van der Waals surface area contributed by atoms with Gasteiger partial charge in [0.25, 0.3) is 11.5 Å². The van der Waals surface area contributed by atoms with E-state index in [9.17, 15) is 39.3 Å². The van der Waals surface area contributed by atoms with E-state index < -0.39 is 41.0 Å². The molecule has 0 saturated heterocycles. The Hall–Kier alpha value is -8.68. The lowest BCUT2D eigenvalue weighted by Crippen LogP contribution is -2.42. The number of carboxylic acid groups (broad SMARTS) is 1. The minimum atomic E-state index is -1.40. The number of hydrogen-bond acceptors (Lipinski definition) is 16. The first-order valence-electron chi connectivity index (χ1n) is 19.4. The third-order valence-corrected chi connectivity index (χ3v) is 10.2. The Bertz CT molecular complexity index is 2850. The number of rotatable bonds is 15. The molecule has 0 aliphatic carbocycles. The van der Waals surface area contributed by atoms with Crippen molar-refractivity contribution in [3.63, 3.8) is 0 Å². The molecule has 2 aliphatic rings. The molecule has 20 heteroatoms. The highest BCUT2D eigenvalue weighted by Crippen LogP contribution is 2.57. The number of H-pyrrole nitrogens is 1. The first-order chi connectivity index (χ1) is 30.3. The highest BCUT2D eigenvalue weighted by atomic mass is 16.6. The predicted molar refractivity (Wildman–Crippen MR) is 226 cm³/mol. The van der Waals surface area contributed by atoms with Crippen molar-refractivity contribution in [1.82, 2.24) is 35.9 Å². The van der Waals surface area contributed by atoms with E-state index in [0.717, 1.165) is 0 Å². The molecule has 2 amide bonds. The fourth-order valence-electron chi connectivity index (χ4n) is 7.27. The van der Waals surface area contributed by atoms with Crippen molar-refractivity contribution in [3.8, 4) is 23.0 Å². The molecule has 0 radical (unpaired) electrons. The molecule has 11 N–H and O–H groups in total. The zero-order valence-electron chi connectivity index (χ0n) is 33.0. The standard InChI is InChI=1S/C43H38N10O10/c1-21(49-24-6-9-29-28(16-24)41(61)63-43(29)30-10-7-26(54)17-33(30)62-34-18-27(55)8-11-31(34)43)45-14-15-46-35(56)13-12-32(40(59)60)51-38(57)22-2-4-23(5-3-22)47-19-25-20-48-37-36(50-25)39(58)53-42(44)52-37/h2-11,16-18,20,32,45,47,49,54-55H,1,12-15,19H2,(H,46,56)(H,51,57)(H,59,60)(H3,44,48,52,53,58)/t32-/m0/s1. The third kappa shape index (κ3) is 8.40. The quantitative estimate of drug-likeness (QED) is 0.0524. The van der Waals surface area contributed by atoms with Gasteiger partial charge in [0, 0.05) is 65.3 Å². The SMILES string of the molecule is C=C(NCCNC(=O)CC[C@H](NC(=O)c1ccc(NCc2cnc3nc(N)[nH]c(=O)c3n2)cc1)C(=O)O)Nc1ccc2c(c1)C(=O)OC21c2ccc(O)cc2Oc2cc(O)ccc21. The summed E-state index contributed by atoms with van der Waals surface area (Å²) in [5.74, 6) is -2.26. The number of hydrogen-bond donors (Lipinski definition) is 10. The number of aliphatic carboxylic acids is 1. The number of ether oxygens (including phenoxy) is 2. The number of nitrogens with one attached hydrogen (secondary N) is 6. The van der Waals surface area contributed by atoms with Gasteiger partial charge in [0.15, 0.2) is 16.8 Å². The van der Waals surface area contributed by atoms with Crippen LogP contribution in [0.1, 0.15) is 55.9 Å². The molecular weight excluding hydrogens is 817 g/mol. The number of benzene rings is 4. The van der Waals surface area contributed by atoms with Crippen LogP contribution >= 0.6 is 0 Å². The minimum absolute atomic E-state index is 0.0389. The fourth-order valence-corrected chi connectivity index (χ4v) is 7.27. The van der Waals surface area contributed by atoms with Crippen LogP contribution in [-0.4, -0.2) is 78.1 Å². The van der Waals surface area contributed by atoms with Crippen LogP contribution in [0, 0.1) is 0 Å². The Balaban J connectivity index is 0.792. The number of phenolic OH excluding ortho intramolecular Hbond substituents is 2. The molecule has 0 unspecified atom stereocenters. The van der Waals surface area contributed by atoms with E-state index in [1.807, 2.05) is 0 Å². The summed E-state index contributed by atoms with van der Waals surface area (Å²) in [6.45, 7) is 4.57. The van der Waals surface area contributed by atoms with Crippen LogP contribution in [0.15, 0.2) is 102 Å². The molecular formula is C43H38N10O10. The minimum Gasteiger partial charge on any atom is -0.508 e. The summed E-state index contributed by atoms with van der Waals surface area (Å²) in [5.41, 5.74) is 7.36. The average Bonchev–Trinajstić information content (AvgIpc) is 3.53. The van der Waals surface area contributed by atoms with Crippen LogP contribution in [0.2, 0.25) is 0 Å². The molecule has 1 spiro atoms. The highest BCUT2D eigenvalue weighted by molar-refractivity contribution is 5.98. The van der Waals surface area contributed by atoms with Crippen molar-refractivity contribution in [2.24, 2.45) is 0 Å². The predicted octanol–water partition coefficient (Wildman–Crippen LogP) is 3.14. The van der Waals surface area contributed by atoms with Crippen LogP contribution in [0.25, 0.3) is 11.2 Å². The molecule has 4 heterocycles. The fraction of sp³-hybridized carbons (Fsp3) is 0.163. The number of amides is 2. The van der Waals surface area contributed by atoms with Crippen molar-refractivity contribution < 1.29 is 44.0 Å². The van der Waals surface area contributed by atoms with Gasteiger partial charge in [-0.05, 0) is 67.1 Å². The number of esters is 1. The molecule has 2 aliphatic heterocycles. The Kier molecular flexibility index (Phi) is 10.9. The van der Waals surface area contributed by atoms with Crippen LogP contribution in [0.4, 0.5) is 17.3 Å². The molecule has 0 bridgehead atoms. The van der Waals surface area contributed by atoms with Gasteiger partial charge < -0.3 is 57.1 Å². The summed E-state index contributed by atoms with van der Waals surface area (Å²) in [7, 11) is 0. The number of nitrogen functional groups attached to an aromatic ring is 1. The first kappa shape index (κ1) is 41.1. The zero-order chi connectivity index (χ0) is 44.4. The molecule has 4 aromatic carbocycles. The molecule has 6 aromatic rings. The van der Waals surface area contributed by atoms with Crippen molar-refractivity contribution in [2.75, 3.05) is 29.5 Å². The lowest BCUT2D eigenvalue weighted by molar-refractivity contribution is -0.139. The Morgan fingerprint density at radius 2 is 1.52 bits per heavy atom.